The Morgan fingerprint density at radius 2 is 1.38 bits per heavy atom. The van der Waals surface area contributed by atoms with Gasteiger partial charge in [-0.15, -0.1) is 0 Å². The van der Waals surface area contributed by atoms with Gasteiger partial charge in [-0.3, -0.25) is 9.59 Å². The Labute approximate surface area is 79.5 Å². The molecular weight excluding hydrogens is 253 g/mol. The van der Waals surface area contributed by atoms with Crippen molar-refractivity contribution < 1.29 is 54.3 Å². The van der Waals surface area contributed by atoms with Crippen molar-refractivity contribution in [2.24, 2.45) is 0 Å². The first kappa shape index (κ1) is 11.3. The molecule has 0 heterocycles. The number of carbonyl (C=O) groups excluding carboxylic acids is 2. The van der Waals surface area contributed by atoms with Gasteiger partial charge in [-0.25, -0.2) is 0 Å². The Kier molecular flexibility index (Phi) is 7.90. The number of hydrogen-bond donors (Lipinski definition) is 0. The molecule has 4 heteroatoms. The summed E-state index contributed by atoms with van der Waals surface area (Å²) in [5.74, 6) is -1.12. The van der Waals surface area contributed by atoms with Crippen LogP contribution in [-0.2, 0) is 14.3 Å². The summed E-state index contributed by atoms with van der Waals surface area (Å²) < 4.78 is 3.97. The van der Waals surface area contributed by atoms with E-state index < -0.39 is 11.9 Å². The SMILES string of the molecule is CC(=O)OC(C)=O.[Gd+3]. The van der Waals surface area contributed by atoms with Crippen LogP contribution in [0.3, 0.4) is 0 Å². The van der Waals surface area contributed by atoms with E-state index >= 15 is 0 Å². The van der Waals surface area contributed by atoms with Gasteiger partial charge >= 0.3 is 51.9 Å². The molecule has 0 aliphatic heterocycles. The normalized spacial score (nSPS) is 6.75. The van der Waals surface area contributed by atoms with Gasteiger partial charge in [0.1, 0.15) is 0 Å². The smallest absolute Gasteiger partial charge is 0.394 e. The molecule has 45 valence electrons. The molecule has 0 spiro atoms. The zero-order valence-corrected chi connectivity index (χ0v) is 6.85. The van der Waals surface area contributed by atoms with Gasteiger partial charge in [-0.1, -0.05) is 0 Å². The first-order valence-electron chi connectivity index (χ1n) is 1.82. The molecular formula is C4H6GdO3+3. The fourth-order valence-corrected chi connectivity index (χ4v) is 0.202. The van der Waals surface area contributed by atoms with Crippen molar-refractivity contribution in [3.63, 3.8) is 0 Å². The van der Waals surface area contributed by atoms with E-state index in [1.54, 1.807) is 0 Å². The second kappa shape index (κ2) is 5.60. The fraction of sp³-hybridized carbons (Fsp3) is 0.500. The number of esters is 2. The van der Waals surface area contributed by atoms with Gasteiger partial charge in [0, 0.05) is 13.8 Å². The molecule has 0 atom stereocenters. The van der Waals surface area contributed by atoms with Crippen LogP contribution in [0.4, 0.5) is 0 Å². The predicted octanol–water partition coefficient (Wildman–Crippen LogP) is 0.0960. The summed E-state index contributed by atoms with van der Waals surface area (Å²) in [4.78, 5) is 19.6. The van der Waals surface area contributed by atoms with E-state index in [-0.39, 0.29) is 39.9 Å². The molecule has 0 aliphatic rings. The molecule has 0 saturated heterocycles. The van der Waals surface area contributed by atoms with Gasteiger partial charge in [0.2, 0.25) is 0 Å². The zero-order chi connectivity index (χ0) is 5.86. The largest absolute Gasteiger partial charge is 3.00 e. The van der Waals surface area contributed by atoms with Gasteiger partial charge in [0.05, 0.1) is 0 Å². The molecule has 0 aromatic carbocycles. The summed E-state index contributed by atoms with van der Waals surface area (Å²) in [6, 6.07) is 0. The minimum atomic E-state index is -0.562. The van der Waals surface area contributed by atoms with Gasteiger partial charge < -0.3 is 4.74 Å². The summed E-state index contributed by atoms with van der Waals surface area (Å²) in [6.45, 7) is 2.36. The summed E-state index contributed by atoms with van der Waals surface area (Å²) in [5.41, 5.74) is 0. The van der Waals surface area contributed by atoms with Crippen molar-refractivity contribution in [2.75, 3.05) is 0 Å². The van der Waals surface area contributed by atoms with Crippen molar-refractivity contribution in [3.05, 3.63) is 0 Å². The Morgan fingerprint density at radius 3 is 1.38 bits per heavy atom. The Hall–Kier alpha value is 0.465. The third-order valence-corrected chi connectivity index (χ3v) is 0.287. The molecule has 0 aromatic heterocycles. The van der Waals surface area contributed by atoms with E-state index in [1.807, 2.05) is 0 Å². The van der Waals surface area contributed by atoms with Crippen LogP contribution in [0.2, 0.25) is 0 Å². The molecule has 8 heavy (non-hydrogen) atoms. The van der Waals surface area contributed by atoms with Gasteiger partial charge in [0.25, 0.3) is 0 Å². The molecule has 0 bridgehead atoms. The molecule has 0 rings (SSSR count). The van der Waals surface area contributed by atoms with E-state index in [9.17, 15) is 9.59 Å². The molecule has 0 saturated carbocycles. The minimum Gasteiger partial charge on any atom is -0.394 e. The predicted molar refractivity (Wildman–Crippen MR) is 22.4 cm³/mol. The van der Waals surface area contributed by atoms with E-state index in [0.29, 0.717) is 0 Å². The zero-order valence-electron chi connectivity index (χ0n) is 4.58. The van der Waals surface area contributed by atoms with Crippen LogP contribution in [-0.4, -0.2) is 11.9 Å². The standard InChI is InChI=1S/C4H6O3.Gd/c1-3(5)7-4(2)6;/h1-2H3;/q;+3. The van der Waals surface area contributed by atoms with Crippen molar-refractivity contribution in [1.82, 2.24) is 0 Å². The summed E-state index contributed by atoms with van der Waals surface area (Å²) in [6.07, 6.45) is 0. The second-order valence-electron chi connectivity index (χ2n) is 1.09. The minimum absolute atomic E-state index is 0. The molecule has 0 N–H and O–H groups in total. The number of rotatable bonds is 0. The topological polar surface area (TPSA) is 43.4 Å². The van der Waals surface area contributed by atoms with E-state index in [0.717, 1.165) is 0 Å². The second-order valence-corrected chi connectivity index (χ2v) is 1.09. The van der Waals surface area contributed by atoms with Crippen LogP contribution in [0.25, 0.3) is 0 Å². The monoisotopic (exact) mass is 260 g/mol. The molecule has 0 amide bonds. The summed E-state index contributed by atoms with van der Waals surface area (Å²) in [7, 11) is 0. The third kappa shape index (κ3) is 9.68. The average Bonchev–Trinajstić information content (AvgIpc) is 1.27. The van der Waals surface area contributed by atoms with Crippen molar-refractivity contribution >= 4 is 11.9 Å². The van der Waals surface area contributed by atoms with Gasteiger partial charge in [-0.2, -0.15) is 0 Å². The first-order chi connectivity index (χ1) is 3.13. The van der Waals surface area contributed by atoms with Crippen molar-refractivity contribution in [3.8, 4) is 0 Å². The Morgan fingerprint density at radius 1 is 1.12 bits per heavy atom. The van der Waals surface area contributed by atoms with Gasteiger partial charge in [0.15, 0.2) is 0 Å². The number of hydrogen-bond acceptors (Lipinski definition) is 3. The van der Waals surface area contributed by atoms with Crippen molar-refractivity contribution in [2.45, 2.75) is 13.8 Å². The van der Waals surface area contributed by atoms with Gasteiger partial charge in [-0.05, 0) is 0 Å². The van der Waals surface area contributed by atoms with Crippen LogP contribution in [0.15, 0.2) is 0 Å². The fourth-order valence-electron chi connectivity index (χ4n) is 0.202. The van der Waals surface area contributed by atoms with E-state index in [1.165, 1.54) is 13.8 Å². The van der Waals surface area contributed by atoms with E-state index in [4.69, 9.17) is 0 Å². The van der Waals surface area contributed by atoms with Crippen LogP contribution < -0.4 is 0 Å². The number of carbonyl (C=O) groups is 2. The molecule has 3 nitrogen and oxygen atoms in total. The average molecular weight is 259 g/mol. The molecule has 0 aliphatic carbocycles. The van der Waals surface area contributed by atoms with E-state index in [2.05, 4.69) is 4.74 Å². The maximum absolute atomic E-state index is 9.81. The van der Waals surface area contributed by atoms with Crippen LogP contribution in [0, 0.1) is 39.9 Å². The van der Waals surface area contributed by atoms with Crippen LogP contribution >= 0.6 is 0 Å². The summed E-state index contributed by atoms with van der Waals surface area (Å²) in [5, 5.41) is 0. The molecule has 0 aromatic rings. The quantitative estimate of drug-likeness (QED) is 0.458. The molecule has 1 radical (unpaired) electrons. The molecule has 0 unspecified atom stereocenters. The maximum Gasteiger partial charge on any atom is 3.00 e. The molecule has 0 fully saturated rings. The first-order valence-corrected chi connectivity index (χ1v) is 1.82. The number of ether oxygens (including phenoxy) is 1. The Balaban J connectivity index is 0. The van der Waals surface area contributed by atoms with Crippen molar-refractivity contribution in [1.29, 1.82) is 0 Å². The maximum atomic E-state index is 9.81. The van der Waals surface area contributed by atoms with Crippen LogP contribution in [0.5, 0.6) is 0 Å². The summed E-state index contributed by atoms with van der Waals surface area (Å²) >= 11 is 0. The van der Waals surface area contributed by atoms with Crippen LogP contribution in [0.1, 0.15) is 13.8 Å². The Bertz CT molecular complexity index is 87.5. The third-order valence-electron chi connectivity index (χ3n) is 0.287.